The van der Waals surface area contributed by atoms with E-state index in [0.29, 0.717) is 11.5 Å². The molecule has 3 heterocycles. The number of hydrogen-bond acceptors (Lipinski definition) is 5. The lowest BCUT2D eigenvalue weighted by atomic mass is 10.0. The van der Waals surface area contributed by atoms with Crippen molar-refractivity contribution >= 4 is 28.9 Å². The molecule has 0 unspecified atom stereocenters. The minimum atomic E-state index is -0.298. The highest BCUT2D eigenvalue weighted by Gasteiger charge is 2.34. The highest BCUT2D eigenvalue weighted by atomic mass is 32.1. The Morgan fingerprint density at radius 1 is 1.19 bits per heavy atom. The fraction of sp³-hybridized carbons (Fsp3) is 0.250. The van der Waals surface area contributed by atoms with Gasteiger partial charge in [-0.25, -0.2) is 4.68 Å². The van der Waals surface area contributed by atoms with Gasteiger partial charge in [0.2, 0.25) is 5.95 Å². The van der Waals surface area contributed by atoms with Gasteiger partial charge >= 0.3 is 0 Å². The summed E-state index contributed by atoms with van der Waals surface area (Å²) in [4.78, 5) is 19.8. The Labute approximate surface area is 161 Å². The number of hydrogen-bond donors (Lipinski definition) is 2. The van der Waals surface area contributed by atoms with E-state index in [1.165, 1.54) is 16.8 Å². The maximum absolute atomic E-state index is 13.3. The number of aryl methyl sites for hydroxylation is 3. The van der Waals surface area contributed by atoms with Crippen molar-refractivity contribution in [3.05, 3.63) is 68.8 Å². The first kappa shape index (κ1) is 17.5. The zero-order valence-electron chi connectivity index (χ0n) is 15.7. The third-order valence-electron chi connectivity index (χ3n) is 4.70. The molecule has 0 radical (unpaired) electrons. The van der Waals surface area contributed by atoms with Gasteiger partial charge in [0.15, 0.2) is 0 Å². The molecule has 0 spiro atoms. The molecule has 0 aliphatic carbocycles. The molecule has 2 N–H and O–H groups in total. The van der Waals surface area contributed by atoms with Gasteiger partial charge in [-0.15, -0.1) is 11.3 Å². The number of carbonyl (C=O) groups is 1. The van der Waals surface area contributed by atoms with Gasteiger partial charge in [0.25, 0.3) is 5.91 Å². The van der Waals surface area contributed by atoms with E-state index in [0.717, 1.165) is 21.8 Å². The van der Waals surface area contributed by atoms with Crippen LogP contribution in [0.15, 0.2) is 47.9 Å². The number of aromatic nitrogens is 3. The lowest BCUT2D eigenvalue weighted by Gasteiger charge is -2.28. The summed E-state index contributed by atoms with van der Waals surface area (Å²) in [5, 5.41) is 10.6. The number of rotatable bonds is 3. The smallest absolute Gasteiger partial charge is 0.255 e. The molecule has 0 fully saturated rings. The van der Waals surface area contributed by atoms with Gasteiger partial charge in [0, 0.05) is 21.1 Å². The molecule has 27 heavy (non-hydrogen) atoms. The maximum Gasteiger partial charge on any atom is 0.255 e. The molecule has 1 amide bonds. The predicted molar refractivity (Wildman–Crippen MR) is 108 cm³/mol. The number of fused-ring (bicyclic) bond motifs is 1. The van der Waals surface area contributed by atoms with E-state index in [4.69, 9.17) is 0 Å². The van der Waals surface area contributed by atoms with Crippen LogP contribution in [0.25, 0.3) is 0 Å². The molecule has 1 aromatic carbocycles. The second-order valence-corrected chi connectivity index (χ2v) is 8.13. The Hall–Kier alpha value is -2.93. The third kappa shape index (κ3) is 3.14. The van der Waals surface area contributed by atoms with Crippen LogP contribution in [0, 0.1) is 20.8 Å². The first-order valence-electron chi connectivity index (χ1n) is 8.76. The lowest BCUT2D eigenvalue weighted by molar-refractivity contribution is -0.113. The Morgan fingerprint density at radius 2 is 2.00 bits per heavy atom. The molecule has 1 aliphatic heterocycles. The highest BCUT2D eigenvalue weighted by molar-refractivity contribution is 7.12. The Kier molecular flexibility index (Phi) is 4.31. The molecule has 0 saturated carbocycles. The van der Waals surface area contributed by atoms with Gasteiger partial charge in [-0.05, 0) is 51.5 Å². The van der Waals surface area contributed by atoms with Crippen LogP contribution in [-0.4, -0.2) is 20.7 Å². The van der Waals surface area contributed by atoms with Crippen molar-refractivity contribution in [2.75, 3.05) is 10.6 Å². The van der Waals surface area contributed by atoms with Crippen LogP contribution in [0.1, 0.15) is 33.8 Å². The summed E-state index contributed by atoms with van der Waals surface area (Å²) in [7, 11) is 0. The van der Waals surface area contributed by atoms with Crippen molar-refractivity contribution in [3.63, 3.8) is 0 Å². The molecule has 7 heteroatoms. The molecular weight excluding hydrogens is 358 g/mol. The third-order valence-corrected chi connectivity index (χ3v) is 5.75. The molecule has 6 nitrogen and oxygen atoms in total. The van der Waals surface area contributed by atoms with Crippen LogP contribution in [0.5, 0.6) is 0 Å². The van der Waals surface area contributed by atoms with Crippen LogP contribution in [0.2, 0.25) is 0 Å². The van der Waals surface area contributed by atoms with Gasteiger partial charge in [-0.2, -0.15) is 10.1 Å². The lowest BCUT2D eigenvalue weighted by Crippen LogP contribution is -2.31. The second kappa shape index (κ2) is 6.66. The van der Waals surface area contributed by atoms with E-state index < -0.39 is 0 Å². The standard InChI is InChI=1S/C20H21N5OS/c1-11-5-7-15(12(2)9-11)24-19(26)17-14(4)23-20-21-10-22-25(20)18(17)16-8-6-13(3)27-16/h5-10,18H,1-4H3,(H,24,26)(H,21,22,23)/t18-/m1/s1. The van der Waals surface area contributed by atoms with Crippen molar-refractivity contribution in [3.8, 4) is 0 Å². The highest BCUT2D eigenvalue weighted by Crippen LogP contribution is 2.38. The second-order valence-electron chi connectivity index (χ2n) is 6.82. The minimum absolute atomic E-state index is 0.135. The normalized spacial score (nSPS) is 16.1. The van der Waals surface area contributed by atoms with Crippen molar-refractivity contribution in [1.82, 2.24) is 14.8 Å². The topological polar surface area (TPSA) is 71.8 Å². The van der Waals surface area contributed by atoms with E-state index >= 15 is 0 Å². The van der Waals surface area contributed by atoms with Gasteiger partial charge in [0.05, 0.1) is 5.57 Å². The molecule has 3 aromatic rings. The van der Waals surface area contributed by atoms with Crippen LogP contribution in [0.4, 0.5) is 11.6 Å². The number of carbonyl (C=O) groups excluding carboxylic acids is 1. The Bertz CT molecular complexity index is 1060. The molecule has 1 aliphatic rings. The summed E-state index contributed by atoms with van der Waals surface area (Å²) in [6, 6.07) is 9.82. The molecule has 138 valence electrons. The summed E-state index contributed by atoms with van der Waals surface area (Å²) in [6.07, 6.45) is 1.51. The fourth-order valence-electron chi connectivity index (χ4n) is 3.39. The van der Waals surface area contributed by atoms with Gasteiger partial charge in [-0.3, -0.25) is 4.79 Å². The molecule has 0 bridgehead atoms. The molecular formula is C20H21N5OS. The summed E-state index contributed by atoms with van der Waals surface area (Å²) >= 11 is 1.67. The van der Waals surface area contributed by atoms with Gasteiger partial charge < -0.3 is 10.6 Å². The average molecular weight is 379 g/mol. The minimum Gasteiger partial charge on any atom is -0.328 e. The number of allylic oxidation sites excluding steroid dienone is 1. The van der Waals surface area contributed by atoms with Gasteiger partial charge in [0.1, 0.15) is 12.4 Å². The van der Waals surface area contributed by atoms with Crippen molar-refractivity contribution in [1.29, 1.82) is 0 Å². The van der Waals surface area contributed by atoms with Crippen molar-refractivity contribution in [2.45, 2.75) is 33.7 Å². The first-order chi connectivity index (χ1) is 12.9. The Balaban J connectivity index is 1.75. The SMILES string of the molecule is CC1=C(C(=O)Nc2ccc(C)cc2C)[C@@H](c2ccc(C)s2)n2ncnc2N1. The predicted octanol–water partition coefficient (Wildman–Crippen LogP) is 4.19. The molecule has 2 aromatic heterocycles. The van der Waals surface area contributed by atoms with Crippen molar-refractivity contribution in [2.24, 2.45) is 0 Å². The zero-order valence-corrected chi connectivity index (χ0v) is 16.5. The summed E-state index contributed by atoms with van der Waals surface area (Å²) in [5.41, 5.74) is 4.45. The molecule has 4 rings (SSSR count). The summed E-state index contributed by atoms with van der Waals surface area (Å²) in [5.74, 6) is 0.510. The van der Waals surface area contributed by atoms with E-state index in [2.05, 4.69) is 45.8 Å². The maximum atomic E-state index is 13.3. The molecule has 1 atom stereocenters. The number of thiophene rings is 1. The number of benzene rings is 1. The number of nitrogens with zero attached hydrogens (tertiary/aromatic N) is 3. The zero-order chi connectivity index (χ0) is 19.1. The van der Waals surface area contributed by atoms with E-state index in [1.807, 2.05) is 32.9 Å². The van der Waals surface area contributed by atoms with Gasteiger partial charge in [-0.1, -0.05) is 17.7 Å². The van der Waals surface area contributed by atoms with Crippen LogP contribution < -0.4 is 10.6 Å². The number of amides is 1. The quantitative estimate of drug-likeness (QED) is 0.716. The number of nitrogens with one attached hydrogen (secondary N) is 2. The van der Waals surface area contributed by atoms with Crippen LogP contribution in [0.3, 0.4) is 0 Å². The fourth-order valence-corrected chi connectivity index (χ4v) is 4.37. The van der Waals surface area contributed by atoms with E-state index in [1.54, 1.807) is 16.0 Å². The monoisotopic (exact) mass is 379 g/mol. The largest absolute Gasteiger partial charge is 0.328 e. The molecule has 0 saturated heterocycles. The summed E-state index contributed by atoms with van der Waals surface area (Å²) in [6.45, 7) is 8.00. The average Bonchev–Trinajstić information content (AvgIpc) is 3.24. The van der Waals surface area contributed by atoms with E-state index in [9.17, 15) is 4.79 Å². The Morgan fingerprint density at radius 3 is 2.70 bits per heavy atom. The van der Waals surface area contributed by atoms with Crippen LogP contribution >= 0.6 is 11.3 Å². The summed E-state index contributed by atoms with van der Waals surface area (Å²) < 4.78 is 1.77. The first-order valence-corrected chi connectivity index (χ1v) is 9.58. The van der Waals surface area contributed by atoms with Crippen molar-refractivity contribution < 1.29 is 4.79 Å². The van der Waals surface area contributed by atoms with E-state index in [-0.39, 0.29) is 11.9 Å². The number of anilines is 2. The van der Waals surface area contributed by atoms with Crippen LogP contribution in [-0.2, 0) is 4.79 Å².